The first-order valence-corrected chi connectivity index (χ1v) is 8.32. The molecule has 2 nitrogen and oxygen atoms in total. The van der Waals surface area contributed by atoms with Crippen molar-refractivity contribution in [1.82, 2.24) is 0 Å². The van der Waals surface area contributed by atoms with Gasteiger partial charge in [-0.2, -0.15) is 4.98 Å². The fraction of sp³-hybridized carbons (Fsp3) is 0.562. The van der Waals surface area contributed by atoms with Gasteiger partial charge in [0.1, 0.15) is 0 Å². The van der Waals surface area contributed by atoms with Gasteiger partial charge in [0.15, 0.2) is 5.69 Å². The molecule has 0 spiro atoms. The van der Waals surface area contributed by atoms with Crippen molar-refractivity contribution in [2.75, 3.05) is 5.73 Å². The first-order valence-electron chi connectivity index (χ1n) is 7.50. The van der Waals surface area contributed by atoms with Crippen LogP contribution in [-0.4, -0.2) is 0 Å². The molecule has 2 aliphatic rings. The number of H-pyrrole nitrogens is 1. The van der Waals surface area contributed by atoms with E-state index in [2.05, 4.69) is 11.9 Å². The number of aryl methyl sites for hydroxylation is 2. The number of fused-ring (bicyclic) bond motifs is 4. The summed E-state index contributed by atoms with van der Waals surface area (Å²) in [5.41, 5.74) is 12.0. The number of nitrogens with one attached hydrogen (secondary N) is 1. The van der Waals surface area contributed by atoms with Crippen LogP contribution in [0.15, 0.2) is 0 Å². The van der Waals surface area contributed by atoms with Crippen LogP contribution in [0.4, 0.5) is 5.69 Å². The van der Waals surface area contributed by atoms with E-state index in [4.69, 9.17) is 5.73 Å². The van der Waals surface area contributed by atoms with Gasteiger partial charge in [-0.25, -0.2) is 0 Å². The zero-order chi connectivity index (χ0) is 13.0. The van der Waals surface area contributed by atoms with Gasteiger partial charge in [0.25, 0.3) is 4.83 Å². The van der Waals surface area contributed by atoms with Gasteiger partial charge in [0.05, 0.1) is 11.1 Å². The second-order valence-corrected chi connectivity index (χ2v) is 7.36. The SMILES string of the molecule is C[C@H]1CCc2c([nH+]c3sc4c(c3c2N)CCCC4)C1. The molecule has 0 aromatic carbocycles. The lowest BCUT2D eigenvalue weighted by atomic mass is 9.86. The Morgan fingerprint density at radius 3 is 2.89 bits per heavy atom. The average Bonchev–Trinajstić information content (AvgIpc) is 2.76. The van der Waals surface area contributed by atoms with Crippen molar-refractivity contribution in [2.45, 2.75) is 51.9 Å². The predicted octanol–water partition coefficient (Wildman–Crippen LogP) is 3.30. The topological polar surface area (TPSA) is 40.2 Å². The van der Waals surface area contributed by atoms with Crippen LogP contribution in [0.25, 0.3) is 10.2 Å². The van der Waals surface area contributed by atoms with Gasteiger partial charge in [-0.15, -0.1) is 0 Å². The Morgan fingerprint density at radius 2 is 2.00 bits per heavy atom. The maximum Gasteiger partial charge on any atom is 0.270 e. The third-order valence-corrected chi connectivity index (χ3v) is 6.04. The summed E-state index contributed by atoms with van der Waals surface area (Å²) < 4.78 is 0. The molecule has 2 aromatic rings. The Balaban J connectivity index is 1.99. The van der Waals surface area contributed by atoms with E-state index in [0.717, 1.165) is 24.4 Å². The van der Waals surface area contributed by atoms with E-state index in [1.54, 1.807) is 10.4 Å². The molecule has 0 amide bonds. The Hall–Kier alpha value is -1.09. The number of hydrogen-bond acceptors (Lipinski definition) is 2. The van der Waals surface area contributed by atoms with E-state index >= 15 is 0 Å². The van der Waals surface area contributed by atoms with E-state index in [0.29, 0.717) is 0 Å². The van der Waals surface area contributed by atoms with Gasteiger partial charge in [-0.05, 0) is 50.0 Å². The van der Waals surface area contributed by atoms with E-state index in [9.17, 15) is 0 Å². The van der Waals surface area contributed by atoms with Crippen molar-refractivity contribution < 1.29 is 4.98 Å². The molecule has 1 atom stereocenters. The van der Waals surface area contributed by atoms with Crippen LogP contribution >= 0.6 is 11.3 Å². The highest BCUT2D eigenvalue weighted by atomic mass is 32.1. The molecule has 2 aromatic heterocycles. The van der Waals surface area contributed by atoms with Gasteiger partial charge in [0, 0.05) is 16.9 Å². The third-order valence-electron chi connectivity index (χ3n) is 4.83. The summed E-state index contributed by atoms with van der Waals surface area (Å²) in [6.45, 7) is 2.34. The monoisotopic (exact) mass is 273 g/mol. The fourth-order valence-corrected chi connectivity index (χ4v) is 5.10. The minimum atomic E-state index is 0.787. The number of pyridine rings is 1. The van der Waals surface area contributed by atoms with Crippen molar-refractivity contribution in [3.8, 4) is 0 Å². The number of thiophene rings is 1. The number of aromatic nitrogens is 1. The van der Waals surface area contributed by atoms with Gasteiger partial charge >= 0.3 is 0 Å². The van der Waals surface area contributed by atoms with E-state index in [1.807, 2.05) is 11.3 Å². The Morgan fingerprint density at radius 1 is 1.16 bits per heavy atom. The zero-order valence-corrected chi connectivity index (χ0v) is 12.3. The van der Waals surface area contributed by atoms with Crippen molar-refractivity contribution in [1.29, 1.82) is 0 Å². The van der Waals surface area contributed by atoms with Crippen LogP contribution in [0, 0.1) is 5.92 Å². The smallest absolute Gasteiger partial charge is 0.270 e. The Bertz CT molecular complexity index is 657. The van der Waals surface area contributed by atoms with Gasteiger partial charge in [-0.1, -0.05) is 18.3 Å². The molecule has 100 valence electrons. The summed E-state index contributed by atoms with van der Waals surface area (Å²) in [7, 11) is 0. The maximum absolute atomic E-state index is 6.54. The van der Waals surface area contributed by atoms with E-state index in [1.165, 1.54) is 53.6 Å². The molecule has 2 heterocycles. The quantitative estimate of drug-likeness (QED) is 0.786. The van der Waals surface area contributed by atoms with Gasteiger partial charge in [-0.3, -0.25) is 0 Å². The average molecular weight is 273 g/mol. The lowest BCUT2D eigenvalue weighted by Crippen LogP contribution is -2.24. The molecular formula is C16H21N2S+. The molecule has 0 saturated carbocycles. The normalized spacial score (nSPS) is 22.3. The van der Waals surface area contributed by atoms with Crippen LogP contribution < -0.4 is 10.7 Å². The second-order valence-electron chi connectivity index (χ2n) is 6.26. The maximum atomic E-state index is 6.54. The summed E-state index contributed by atoms with van der Waals surface area (Å²) in [6.07, 6.45) is 8.74. The molecule has 3 N–H and O–H groups in total. The zero-order valence-electron chi connectivity index (χ0n) is 11.5. The lowest BCUT2D eigenvalue weighted by molar-refractivity contribution is -0.357. The number of nitrogen functional groups attached to an aromatic ring is 1. The highest BCUT2D eigenvalue weighted by Crippen LogP contribution is 2.40. The molecular weight excluding hydrogens is 252 g/mol. The van der Waals surface area contributed by atoms with Crippen LogP contribution in [0.5, 0.6) is 0 Å². The molecule has 0 radical (unpaired) electrons. The largest absolute Gasteiger partial charge is 0.398 e. The van der Waals surface area contributed by atoms with Gasteiger partial charge in [0.2, 0.25) is 0 Å². The Kier molecular flexibility index (Phi) is 2.59. The molecule has 19 heavy (non-hydrogen) atoms. The molecule has 3 heteroatoms. The summed E-state index contributed by atoms with van der Waals surface area (Å²) in [5.74, 6) is 0.787. The lowest BCUT2D eigenvalue weighted by Gasteiger charge is -2.19. The first kappa shape index (κ1) is 11.7. The molecule has 2 aliphatic carbocycles. The van der Waals surface area contributed by atoms with E-state index in [-0.39, 0.29) is 0 Å². The number of nitrogens with two attached hydrogens (primary N) is 1. The molecule has 0 fully saturated rings. The summed E-state index contributed by atoms with van der Waals surface area (Å²) in [5, 5.41) is 1.37. The summed E-state index contributed by atoms with van der Waals surface area (Å²) in [4.78, 5) is 6.63. The summed E-state index contributed by atoms with van der Waals surface area (Å²) >= 11 is 1.95. The van der Waals surface area contributed by atoms with E-state index < -0.39 is 0 Å². The fourth-order valence-electron chi connectivity index (χ4n) is 3.77. The number of hydrogen-bond donors (Lipinski definition) is 1. The number of aromatic amines is 1. The molecule has 0 saturated heterocycles. The number of anilines is 1. The molecule has 0 aliphatic heterocycles. The predicted molar refractivity (Wildman–Crippen MR) is 80.6 cm³/mol. The Labute approximate surface area is 118 Å². The molecule has 4 rings (SSSR count). The van der Waals surface area contributed by atoms with Crippen molar-refractivity contribution in [3.63, 3.8) is 0 Å². The van der Waals surface area contributed by atoms with Crippen LogP contribution in [0.1, 0.15) is 47.9 Å². The van der Waals surface area contributed by atoms with Crippen molar-refractivity contribution in [2.24, 2.45) is 5.92 Å². The number of rotatable bonds is 0. The van der Waals surface area contributed by atoms with Crippen molar-refractivity contribution >= 4 is 27.2 Å². The molecule has 0 unspecified atom stereocenters. The molecule has 0 bridgehead atoms. The standard InChI is InChI=1S/C16H20N2S/c1-9-6-7-10-12(8-9)18-16-14(15(10)17)11-4-2-3-5-13(11)19-16/h9H,2-8H2,1H3,(H2,17,18)/p+1/t9-/m0/s1. The van der Waals surface area contributed by atoms with Crippen LogP contribution in [0.2, 0.25) is 0 Å². The van der Waals surface area contributed by atoms with Crippen LogP contribution in [0.3, 0.4) is 0 Å². The highest BCUT2D eigenvalue weighted by molar-refractivity contribution is 7.18. The first-order chi connectivity index (χ1) is 9.24. The summed E-state index contributed by atoms with van der Waals surface area (Å²) in [6, 6.07) is 0. The second kappa shape index (κ2) is 4.20. The van der Waals surface area contributed by atoms with Gasteiger partial charge < -0.3 is 5.73 Å². The minimum Gasteiger partial charge on any atom is -0.398 e. The highest BCUT2D eigenvalue weighted by Gasteiger charge is 2.29. The third kappa shape index (κ3) is 1.71. The van der Waals surface area contributed by atoms with Crippen LogP contribution in [-0.2, 0) is 25.7 Å². The minimum absolute atomic E-state index is 0.787. The van der Waals surface area contributed by atoms with Crippen molar-refractivity contribution in [3.05, 3.63) is 21.7 Å².